The highest BCUT2D eigenvalue weighted by molar-refractivity contribution is 7.99. The van der Waals surface area contributed by atoms with Crippen LogP contribution in [0.2, 0.25) is 0 Å². The predicted molar refractivity (Wildman–Crippen MR) is 84.3 cm³/mol. The van der Waals surface area contributed by atoms with Crippen molar-refractivity contribution < 1.29 is 14.3 Å². The van der Waals surface area contributed by atoms with Crippen LogP contribution in [0.1, 0.15) is 18.1 Å². The quantitative estimate of drug-likeness (QED) is 0.620. The third-order valence-electron chi connectivity index (χ3n) is 3.01. The minimum absolute atomic E-state index is 0.305. The largest absolute Gasteiger partial charge is 0.497 e. The van der Waals surface area contributed by atoms with Crippen molar-refractivity contribution >= 4 is 17.7 Å². The van der Waals surface area contributed by atoms with E-state index < -0.39 is 0 Å². The van der Waals surface area contributed by atoms with Crippen molar-refractivity contribution in [2.45, 2.75) is 30.6 Å². The van der Waals surface area contributed by atoms with Gasteiger partial charge in [-0.25, -0.2) is 0 Å². The van der Waals surface area contributed by atoms with Gasteiger partial charge in [0.2, 0.25) is 0 Å². The molecule has 0 bridgehead atoms. The number of esters is 1. The summed E-state index contributed by atoms with van der Waals surface area (Å²) in [5, 5.41) is 0. The Kier molecular flexibility index (Phi) is 4.91. The predicted octanol–water partition coefficient (Wildman–Crippen LogP) is 4.39. The van der Waals surface area contributed by atoms with Crippen LogP contribution < -0.4 is 9.47 Å². The molecule has 0 unspecified atom stereocenters. The standard InChI is InChI=1S/C17H18O3S/c1-11-9-14(19-4)5-7-16(11)21-17-8-6-15(10-12(17)2)20-13(3)18/h5-10H,1-4H3. The van der Waals surface area contributed by atoms with E-state index in [4.69, 9.17) is 9.47 Å². The number of benzene rings is 2. The highest BCUT2D eigenvalue weighted by Crippen LogP contribution is 2.35. The van der Waals surface area contributed by atoms with Gasteiger partial charge in [-0.15, -0.1) is 0 Å². The topological polar surface area (TPSA) is 35.5 Å². The second-order valence-corrected chi connectivity index (χ2v) is 5.84. The number of rotatable bonds is 4. The number of aryl methyl sites for hydroxylation is 2. The maximum atomic E-state index is 11.0. The minimum atomic E-state index is -0.305. The molecule has 2 aromatic rings. The molecule has 0 saturated carbocycles. The molecule has 4 heteroatoms. The third kappa shape index (κ3) is 4.02. The second kappa shape index (κ2) is 6.68. The van der Waals surface area contributed by atoms with Crippen molar-refractivity contribution in [1.82, 2.24) is 0 Å². The van der Waals surface area contributed by atoms with E-state index in [1.807, 2.05) is 37.3 Å². The molecule has 0 radical (unpaired) electrons. The normalized spacial score (nSPS) is 10.3. The lowest BCUT2D eigenvalue weighted by atomic mass is 10.2. The maximum absolute atomic E-state index is 11.0. The Morgan fingerprint density at radius 2 is 1.48 bits per heavy atom. The van der Waals surface area contributed by atoms with Gasteiger partial charge in [-0.1, -0.05) is 11.8 Å². The molecule has 0 spiro atoms. The Hall–Kier alpha value is -1.94. The zero-order valence-corrected chi connectivity index (χ0v) is 13.4. The fourth-order valence-corrected chi connectivity index (χ4v) is 2.90. The molecule has 0 aliphatic heterocycles. The number of hydrogen-bond donors (Lipinski definition) is 0. The molecule has 0 aromatic heterocycles. The summed E-state index contributed by atoms with van der Waals surface area (Å²) in [4.78, 5) is 13.3. The fourth-order valence-electron chi connectivity index (χ4n) is 1.95. The summed E-state index contributed by atoms with van der Waals surface area (Å²) >= 11 is 1.69. The van der Waals surface area contributed by atoms with Crippen molar-refractivity contribution in [3.05, 3.63) is 47.5 Å². The summed E-state index contributed by atoms with van der Waals surface area (Å²) in [6.07, 6.45) is 0. The Bertz CT molecular complexity index is 665. The van der Waals surface area contributed by atoms with Crippen LogP contribution in [-0.2, 0) is 4.79 Å². The van der Waals surface area contributed by atoms with E-state index in [1.165, 1.54) is 17.4 Å². The van der Waals surface area contributed by atoms with Crippen molar-refractivity contribution in [1.29, 1.82) is 0 Å². The molecule has 2 rings (SSSR count). The molecule has 21 heavy (non-hydrogen) atoms. The zero-order chi connectivity index (χ0) is 15.4. The van der Waals surface area contributed by atoms with E-state index in [2.05, 4.69) is 13.0 Å². The Morgan fingerprint density at radius 3 is 1.95 bits per heavy atom. The average molecular weight is 302 g/mol. The van der Waals surface area contributed by atoms with Crippen LogP contribution in [0.5, 0.6) is 11.5 Å². The van der Waals surface area contributed by atoms with Gasteiger partial charge < -0.3 is 9.47 Å². The molecular formula is C17H18O3S. The molecular weight excluding hydrogens is 284 g/mol. The van der Waals surface area contributed by atoms with Gasteiger partial charge in [0, 0.05) is 16.7 Å². The second-order valence-electron chi connectivity index (χ2n) is 4.75. The van der Waals surface area contributed by atoms with E-state index in [1.54, 1.807) is 18.9 Å². The van der Waals surface area contributed by atoms with Crippen LogP contribution in [0.3, 0.4) is 0 Å². The summed E-state index contributed by atoms with van der Waals surface area (Å²) < 4.78 is 10.3. The Morgan fingerprint density at radius 1 is 0.952 bits per heavy atom. The number of ether oxygens (including phenoxy) is 2. The van der Waals surface area contributed by atoms with Crippen LogP contribution in [-0.4, -0.2) is 13.1 Å². The summed E-state index contributed by atoms with van der Waals surface area (Å²) in [6.45, 7) is 5.47. The molecule has 110 valence electrons. The molecule has 0 N–H and O–H groups in total. The van der Waals surface area contributed by atoms with Gasteiger partial charge in [0.25, 0.3) is 0 Å². The number of carbonyl (C=O) groups excluding carboxylic acids is 1. The van der Waals surface area contributed by atoms with Crippen LogP contribution in [0, 0.1) is 13.8 Å². The van der Waals surface area contributed by atoms with Gasteiger partial charge >= 0.3 is 5.97 Å². The first-order valence-electron chi connectivity index (χ1n) is 6.61. The summed E-state index contributed by atoms with van der Waals surface area (Å²) in [6, 6.07) is 11.7. The monoisotopic (exact) mass is 302 g/mol. The first kappa shape index (κ1) is 15.4. The van der Waals surface area contributed by atoms with E-state index in [-0.39, 0.29) is 5.97 Å². The first-order chi connectivity index (χ1) is 9.99. The highest BCUT2D eigenvalue weighted by atomic mass is 32.2. The van der Waals surface area contributed by atoms with E-state index in [0.29, 0.717) is 5.75 Å². The number of hydrogen-bond acceptors (Lipinski definition) is 4. The zero-order valence-electron chi connectivity index (χ0n) is 12.6. The number of carbonyl (C=O) groups is 1. The summed E-state index contributed by atoms with van der Waals surface area (Å²) in [5.41, 5.74) is 2.25. The van der Waals surface area contributed by atoms with Crippen molar-refractivity contribution in [2.24, 2.45) is 0 Å². The molecule has 0 heterocycles. The van der Waals surface area contributed by atoms with Crippen LogP contribution >= 0.6 is 11.8 Å². The van der Waals surface area contributed by atoms with E-state index in [0.717, 1.165) is 16.2 Å². The minimum Gasteiger partial charge on any atom is -0.497 e. The van der Waals surface area contributed by atoms with Crippen LogP contribution in [0.15, 0.2) is 46.2 Å². The van der Waals surface area contributed by atoms with Gasteiger partial charge in [-0.05, 0) is 61.4 Å². The van der Waals surface area contributed by atoms with Crippen molar-refractivity contribution in [2.75, 3.05) is 7.11 Å². The van der Waals surface area contributed by atoms with Crippen LogP contribution in [0.25, 0.3) is 0 Å². The molecule has 0 aliphatic carbocycles. The molecule has 0 aliphatic rings. The van der Waals surface area contributed by atoms with E-state index >= 15 is 0 Å². The molecule has 0 atom stereocenters. The number of methoxy groups -OCH3 is 1. The van der Waals surface area contributed by atoms with Gasteiger partial charge in [0.05, 0.1) is 7.11 Å². The lowest BCUT2D eigenvalue weighted by molar-refractivity contribution is -0.131. The third-order valence-corrected chi connectivity index (χ3v) is 4.37. The lowest BCUT2D eigenvalue weighted by Crippen LogP contribution is -2.01. The molecule has 3 nitrogen and oxygen atoms in total. The van der Waals surface area contributed by atoms with Crippen molar-refractivity contribution in [3.63, 3.8) is 0 Å². The van der Waals surface area contributed by atoms with Gasteiger partial charge in [0.1, 0.15) is 11.5 Å². The SMILES string of the molecule is COc1ccc(Sc2ccc(OC(C)=O)cc2C)c(C)c1. The molecule has 0 fully saturated rings. The molecule has 0 saturated heterocycles. The fraction of sp³-hybridized carbons (Fsp3) is 0.235. The van der Waals surface area contributed by atoms with Gasteiger partial charge in [-0.2, -0.15) is 0 Å². The first-order valence-corrected chi connectivity index (χ1v) is 7.43. The smallest absolute Gasteiger partial charge is 0.308 e. The highest BCUT2D eigenvalue weighted by Gasteiger charge is 2.07. The van der Waals surface area contributed by atoms with Gasteiger partial charge in [0.15, 0.2) is 0 Å². The van der Waals surface area contributed by atoms with Gasteiger partial charge in [-0.3, -0.25) is 4.79 Å². The summed E-state index contributed by atoms with van der Waals surface area (Å²) in [5.74, 6) is 1.13. The maximum Gasteiger partial charge on any atom is 0.308 e. The summed E-state index contributed by atoms with van der Waals surface area (Å²) in [7, 11) is 1.67. The van der Waals surface area contributed by atoms with Crippen LogP contribution in [0.4, 0.5) is 0 Å². The van der Waals surface area contributed by atoms with E-state index in [9.17, 15) is 4.79 Å². The lowest BCUT2D eigenvalue weighted by Gasteiger charge is -2.11. The van der Waals surface area contributed by atoms with Crippen molar-refractivity contribution in [3.8, 4) is 11.5 Å². The Labute approximate surface area is 129 Å². The average Bonchev–Trinajstić information content (AvgIpc) is 2.43. The Balaban J connectivity index is 2.21. The molecule has 2 aromatic carbocycles. The molecule has 0 amide bonds.